The lowest BCUT2D eigenvalue weighted by atomic mass is 10.3. The van der Waals surface area contributed by atoms with Gasteiger partial charge < -0.3 is 0 Å². The van der Waals surface area contributed by atoms with Crippen molar-refractivity contribution >= 4 is 27.5 Å². The van der Waals surface area contributed by atoms with Crippen LogP contribution in [0.5, 0.6) is 0 Å². The second kappa shape index (κ2) is 4.62. The second-order valence-corrected chi connectivity index (χ2v) is 6.00. The maximum atomic E-state index is 12.3. The number of nitrogens with zero attached hydrogens (tertiary/aromatic N) is 3. The molecule has 1 aromatic carbocycles. The Hall–Kier alpha value is -1.53. The summed E-state index contributed by atoms with van der Waals surface area (Å²) in [6, 6.07) is 6.58. The lowest BCUT2D eigenvalue weighted by Gasteiger charge is -2.20. The molecule has 0 amide bonds. The Bertz CT molecular complexity index is 649. The van der Waals surface area contributed by atoms with E-state index in [4.69, 9.17) is 11.6 Å². The molecule has 1 heterocycles. The van der Waals surface area contributed by atoms with Crippen LogP contribution >= 0.6 is 11.6 Å². The highest BCUT2D eigenvalue weighted by atomic mass is 35.5. The minimum atomic E-state index is -3.65. The van der Waals surface area contributed by atoms with Crippen LogP contribution in [-0.4, -0.2) is 24.4 Å². The van der Waals surface area contributed by atoms with Gasteiger partial charge in [0.05, 0.1) is 5.69 Å². The average molecular weight is 286 g/mol. The van der Waals surface area contributed by atoms with Gasteiger partial charge in [-0.15, -0.1) is 0 Å². The highest BCUT2D eigenvalue weighted by molar-refractivity contribution is 7.91. The molecule has 0 saturated carbocycles. The zero-order chi connectivity index (χ0) is 13.3. The van der Waals surface area contributed by atoms with Crippen molar-refractivity contribution < 1.29 is 8.42 Å². The van der Waals surface area contributed by atoms with E-state index in [0.29, 0.717) is 16.5 Å². The van der Waals surface area contributed by atoms with Crippen molar-refractivity contribution in [1.82, 2.24) is 8.96 Å². The second-order valence-electron chi connectivity index (χ2n) is 3.72. The summed E-state index contributed by atoms with van der Waals surface area (Å²) in [6.45, 7) is 1.63. The first-order valence-electron chi connectivity index (χ1n) is 5.18. The van der Waals surface area contributed by atoms with Crippen molar-refractivity contribution in [2.24, 2.45) is 0 Å². The number of hydrogen-bond acceptors (Lipinski definition) is 3. The third kappa shape index (κ3) is 2.21. The standard InChI is InChI=1S/C11H12ClN3O2S/c1-9-13-7-8-15(9)18(16,17)14(2)11-5-3-10(12)4-6-11/h3-8H,1-2H3. The molecule has 0 aliphatic heterocycles. The zero-order valence-electron chi connectivity index (χ0n) is 9.91. The molecule has 0 aliphatic carbocycles. The normalized spacial score (nSPS) is 11.5. The number of rotatable bonds is 3. The summed E-state index contributed by atoms with van der Waals surface area (Å²) in [5.41, 5.74) is 0.535. The van der Waals surface area contributed by atoms with E-state index in [9.17, 15) is 8.42 Å². The molecular formula is C11H12ClN3O2S. The van der Waals surface area contributed by atoms with Crippen molar-refractivity contribution in [3.63, 3.8) is 0 Å². The molecule has 2 aromatic rings. The minimum Gasteiger partial charge on any atom is -0.256 e. The molecule has 5 nitrogen and oxygen atoms in total. The highest BCUT2D eigenvalue weighted by Crippen LogP contribution is 2.20. The summed E-state index contributed by atoms with van der Waals surface area (Å²) in [5.74, 6) is 0.413. The SMILES string of the molecule is Cc1nccn1S(=O)(=O)N(C)c1ccc(Cl)cc1. The van der Waals surface area contributed by atoms with Crippen LogP contribution in [0.2, 0.25) is 5.02 Å². The first-order valence-corrected chi connectivity index (χ1v) is 6.95. The Kier molecular flexibility index (Phi) is 3.32. The van der Waals surface area contributed by atoms with E-state index in [1.54, 1.807) is 31.2 Å². The smallest absolute Gasteiger partial charge is 0.256 e. The van der Waals surface area contributed by atoms with Gasteiger partial charge in [-0.2, -0.15) is 8.42 Å². The molecule has 0 spiro atoms. The van der Waals surface area contributed by atoms with Gasteiger partial charge in [0.15, 0.2) is 0 Å². The number of anilines is 1. The van der Waals surface area contributed by atoms with Crippen molar-refractivity contribution in [1.29, 1.82) is 0 Å². The monoisotopic (exact) mass is 285 g/mol. The van der Waals surface area contributed by atoms with E-state index in [0.717, 1.165) is 3.97 Å². The quantitative estimate of drug-likeness (QED) is 0.867. The van der Waals surface area contributed by atoms with E-state index in [1.807, 2.05) is 0 Å². The first-order chi connectivity index (χ1) is 8.43. The fraction of sp³-hybridized carbons (Fsp3) is 0.182. The summed E-state index contributed by atoms with van der Waals surface area (Å²) < 4.78 is 26.9. The number of imidazole rings is 1. The predicted molar refractivity (Wildman–Crippen MR) is 71.1 cm³/mol. The van der Waals surface area contributed by atoms with Crippen molar-refractivity contribution in [2.45, 2.75) is 6.92 Å². The van der Waals surface area contributed by atoms with Crippen molar-refractivity contribution in [3.05, 3.63) is 47.5 Å². The molecule has 0 saturated heterocycles. The van der Waals surface area contributed by atoms with Crippen molar-refractivity contribution in [2.75, 3.05) is 11.4 Å². The van der Waals surface area contributed by atoms with Crippen LogP contribution in [0.15, 0.2) is 36.7 Å². The van der Waals surface area contributed by atoms with Gasteiger partial charge in [0.25, 0.3) is 0 Å². The molecule has 18 heavy (non-hydrogen) atoms. The molecule has 0 aliphatic rings. The van der Waals surface area contributed by atoms with Crippen LogP contribution in [0.3, 0.4) is 0 Å². The summed E-state index contributed by atoms with van der Waals surface area (Å²) in [7, 11) is -2.16. The Balaban J connectivity index is 2.42. The molecule has 0 unspecified atom stereocenters. The number of hydrogen-bond donors (Lipinski definition) is 0. The topological polar surface area (TPSA) is 55.2 Å². The Morgan fingerprint density at radius 3 is 2.39 bits per heavy atom. The van der Waals surface area contributed by atoms with Crippen LogP contribution in [0.1, 0.15) is 5.82 Å². The Labute approximate surface area is 111 Å². The van der Waals surface area contributed by atoms with Gasteiger partial charge in [0.2, 0.25) is 0 Å². The molecule has 0 atom stereocenters. The molecular weight excluding hydrogens is 274 g/mol. The van der Waals surface area contributed by atoms with Gasteiger partial charge in [-0.3, -0.25) is 4.31 Å². The van der Waals surface area contributed by atoms with E-state index in [-0.39, 0.29) is 0 Å². The largest absolute Gasteiger partial charge is 0.331 e. The number of aromatic nitrogens is 2. The molecule has 2 rings (SSSR count). The number of aryl methyl sites for hydroxylation is 1. The summed E-state index contributed by atoms with van der Waals surface area (Å²) in [6.07, 6.45) is 2.86. The third-order valence-corrected chi connectivity index (χ3v) is 4.61. The fourth-order valence-corrected chi connectivity index (χ4v) is 2.89. The van der Waals surface area contributed by atoms with Crippen molar-refractivity contribution in [3.8, 4) is 0 Å². The summed E-state index contributed by atoms with van der Waals surface area (Å²) in [4.78, 5) is 3.91. The number of halogens is 1. The van der Waals surface area contributed by atoms with Crippen LogP contribution in [0.4, 0.5) is 5.69 Å². The van der Waals surface area contributed by atoms with Crippen LogP contribution in [-0.2, 0) is 10.2 Å². The van der Waals surface area contributed by atoms with Crippen LogP contribution in [0.25, 0.3) is 0 Å². The zero-order valence-corrected chi connectivity index (χ0v) is 11.5. The van der Waals surface area contributed by atoms with E-state index >= 15 is 0 Å². The average Bonchev–Trinajstić information content (AvgIpc) is 2.76. The molecule has 7 heteroatoms. The lowest BCUT2D eigenvalue weighted by molar-refractivity contribution is 0.584. The molecule has 0 bridgehead atoms. The van der Waals surface area contributed by atoms with E-state index < -0.39 is 10.2 Å². The maximum absolute atomic E-state index is 12.3. The number of benzene rings is 1. The van der Waals surface area contributed by atoms with Gasteiger partial charge >= 0.3 is 10.2 Å². The Morgan fingerprint density at radius 2 is 1.89 bits per heavy atom. The molecule has 96 valence electrons. The summed E-state index contributed by atoms with van der Waals surface area (Å²) >= 11 is 5.77. The predicted octanol–water partition coefficient (Wildman–Crippen LogP) is 2.07. The van der Waals surface area contributed by atoms with Crippen LogP contribution in [0, 0.1) is 6.92 Å². The third-order valence-electron chi connectivity index (χ3n) is 2.57. The van der Waals surface area contributed by atoms with Gasteiger partial charge in [-0.05, 0) is 31.2 Å². The van der Waals surface area contributed by atoms with Crippen LogP contribution < -0.4 is 4.31 Å². The summed E-state index contributed by atoms with van der Waals surface area (Å²) in [5, 5.41) is 0.559. The molecule has 1 aromatic heterocycles. The molecule has 0 fully saturated rings. The van der Waals surface area contributed by atoms with E-state index in [1.165, 1.54) is 23.7 Å². The lowest BCUT2D eigenvalue weighted by Crippen LogP contribution is -2.32. The van der Waals surface area contributed by atoms with E-state index in [2.05, 4.69) is 4.98 Å². The van der Waals surface area contributed by atoms with Gasteiger partial charge in [0, 0.05) is 24.5 Å². The molecule has 0 N–H and O–H groups in total. The Morgan fingerprint density at radius 1 is 1.28 bits per heavy atom. The van der Waals surface area contributed by atoms with Gasteiger partial charge in [-0.1, -0.05) is 11.6 Å². The maximum Gasteiger partial charge on any atom is 0.331 e. The van der Waals surface area contributed by atoms with Gasteiger partial charge in [0.1, 0.15) is 5.82 Å². The minimum absolute atomic E-state index is 0.413. The fourth-order valence-electron chi connectivity index (χ4n) is 1.53. The highest BCUT2D eigenvalue weighted by Gasteiger charge is 2.21. The van der Waals surface area contributed by atoms with Gasteiger partial charge in [-0.25, -0.2) is 8.96 Å². The molecule has 0 radical (unpaired) electrons. The first kappa shape index (κ1) is 12.9.